The van der Waals surface area contributed by atoms with Crippen LogP contribution in [0.15, 0.2) is 0 Å². The summed E-state index contributed by atoms with van der Waals surface area (Å²) in [4.78, 5) is 26.4. The van der Waals surface area contributed by atoms with Gasteiger partial charge in [0, 0.05) is 0 Å². The van der Waals surface area contributed by atoms with Crippen molar-refractivity contribution in [1.29, 1.82) is 0 Å². The summed E-state index contributed by atoms with van der Waals surface area (Å²) in [6.45, 7) is 30.3. The third-order valence-corrected chi connectivity index (χ3v) is 14.6. The van der Waals surface area contributed by atoms with Gasteiger partial charge in [-0.25, -0.2) is 0 Å². The highest BCUT2D eigenvalue weighted by Gasteiger charge is 2.38. The molecule has 0 saturated heterocycles. The number of unbranched alkanes of at least 4 members (excludes halogenated alkanes) is 11. The molecule has 10 heteroatoms. The minimum Gasteiger partial charge on any atom is -0.465 e. The van der Waals surface area contributed by atoms with Gasteiger partial charge in [-0.2, -0.15) is 8.42 Å². The summed E-state index contributed by atoms with van der Waals surface area (Å²) in [5.74, 6) is -1.59. The van der Waals surface area contributed by atoms with Crippen LogP contribution in [0.25, 0.3) is 0 Å². The van der Waals surface area contributed by atoms with E-state index in [0.717, 1.165) is 75.2 Å². The van der Waals surface area contributed by atoms with Crippen LogP contribution in [0.5, 0.6) is 0 Å². The molecule has 1 N–H and O–H groups in total. The van der Waals surface area contributed by atoms with E-state index in [1.165, 1.54) is 140 Å². The fourth-order valence-electron chi connectivity index (χ4n) is 9.21. The van der Waals surface area contributed by atoms with Crippen molar-refractivity contribution in [3.8, 4) is 0 Å². The summed E-state index contributed by atoms with van der Waals surface area (Å²) in [7, 11) is -4.89. The van der Waals surface area contributed by atoms with Gasteiger partial charge in [0.1, 0.15) is 6.10 Å². The van der Waals surface area contributed by atoms with Gasteiger partial charge in [0.15, 0.2) is 5.25 Å². The molecule has 0 spiro atoms. The quantitative estimate of drug-likeness (QED) is 0.0281. The molecule has 0 aromatic heterocycles. The average Bonchev–Trinajstić information content (AvgIpc) is 3.23. The van der Waals surface area contributed by atoms with Gasteiger partial charge in [0.2, 0.25) is 0 Å². The Morgan fingerprint density at radius 1 is 0.500 bits per heavy atom. The molecule has 358 valence electrons. The lowest BCUT2D eigenvalue weighted by Gasteiger charge is -2.40. The lowest BCUT2D eigenvalue weighted by Crippen LogP contribution is -2.51. The van der Waals surface area contributed by atoms with Crippen molar-refractivity contribution in [2.75, 3.05) is 59.0 Å². The monoisotopic (exact) mass is 875 g/mol. The molecule has 0 fully saturated rings. The Kier molecular flexibility index (Phi) is 35.4. The molecule has 0 amide bonds. The van der Waals surface area contributed by atoms with Crippen LogP contribution in [0.4, 0.5) is 0 Å². The number of hydrogen-bond acceptors (Lipinski definition) is 6. The third-order valence-electron chi connectivity index (χ3n) is 13.6. The molecule has 0 aliphatic carbocycles. The first-order valence-corrected chi connectivity index (χ1v) is 27.3. The van der Waals surface area contributed by atoms with Gasteiger partial charge in [0.05, 0.1) is 65.4 Å². The zero-order valence-electron chi connectivity index (χ0n) is 41.3. The van der Waals surface area contributed by atoms with E-state index >= 15 is 0 Å². The summed E-state index contributed by atoms with van der Waals surface area (Å²) >= 11 is 0. The third kappa shape index (κ3) is 26.4. The van der Waals surface area contributed by atoms with E-state index in [1.54, 1.807) is 0 Å². The molecule has 9 nitrogen and oxygen atoms in total. The second-order valence-electron chi connectivity index (χ2n) is 18.7. The number of hydrogen-bond donors (Lipinski definition) is 1. The minimum absolute atomic E-state index is 0.0782. The van der Waals surface area contributed by atoms with Crippen molar-refractivity contribution in [3.63, 3.8) is 0 Å². The molecule has 4 atom stereocenters. The predicted molar refractivity (Wildman–Crippen MR) is 254 cm³/mol. The summed E-state index contributed by atoms with van der Waals surface area (Å²) in [6.07, 6.45) is 26.7. The zero-order valence-corrected chi connectivity index (χ0v) is 42.1. The van der Waals surface area contributed by atoms with E-state index in [1.807, 2.05) is 6.92 Å². The highest BCUT2D eigenvalue weighted by atomic mass is 32.2. The van der Waals surface area contributed by atoms with E-state index in [-0.39, 0.29) is 18.4 Å². The van der Waals surface area contributed by atoms with Crippen LogP contribution in [0, 0.1) is 11.8 Å². The number of nitrogens with zero attached hydrogens (tertiary/aromatic N) is 2. The van der Waals surface area contributed by atoms with Gasteiger partial charge in [-0.1, -0.05) is 127 Å². The van der Waals surface area contributed by atoms with E-state index < -0.39 is 39.8 Å². The summed E-state index contributed by atoms with van der Waals surface area (Å²) in [6, 6.07) is 0. The van der Waals surface area contributed by atoms with Crippen molar-refractivity contribution in [1.82, 2.24) is 0 Å². The molecule has 0 bridgehead atoms. The Hall–Kier alpha value is -1.23. The first-order chi connectivity index (χ1) is 28.8. The highest BCUT2D eigenvalue weighted by molar-refractivity contribution is 7.87. The van der Waals surface area contributed by atoms with Crippen LogP contribution in [0.2, 0.25) is 0 Å². The molecular formula is C50H102N2O7S+2. The molecular weight excluding hydrogens is 773 g/mol. The fraction of sp³-hybridized carbons (Fsp3) is 0.960. The smallest absolute Gasteiger partial charge is 0.327 e. The molecule has 0 saturated carbocycles. The second kappa shape index (κ2) is 36.1. The second-order valence-corrected chi connectivity index (χ2v) is 20.3. The van der Waals surface area contributed by atoms with E-state index in [4.69, 9.17) is 9.47 Å². The maximum absolute atomic E-state index is 13.6. The normalized spacial score (nSPS) is 14.5. The number of esters is 2. The molecule has 0 heterocycles. The summed E-state index contributed by atoms with van der Waals surface area (Å²) in [5, 5.41) is -1.99. The number of rotatable bonds is 43. The van der Waals surface area contributed by atoms with Crippen LogP contribution in [0.1, 0.15) is 229 Å². The van der Waals surface area contributed by atoms with Crippen LogP contribution >= 0.6 is 0 Å². The topological polar surface area (TPSA) is 107 Å². The van der Waals surface area contributed by atoms with Gasteiger partial charge < -0.3 is 18.4 Å². The lowest BCUT2D eigenvalue weighted by molar-refractivity contribution is -0.929. The average molecular weight is 875 g/mol. The Bertz CT molecular complexity index is 1120. The molecule has 0 aliphatic rings. The van der Waals surface area contributed by atoms with Crippen molar-refractivity contribution in [2.24, 2.45) is 11.8 Å². The predicted octanol–water partition coefficient (Wildman–Crippen LogP) is 12.9. The van der Waals surface area contributed by atoms with E-state index in [2.05, 4.69) is 55.4 Å². The SMILES string of the molecule is CCCCC(CC)COC(=O)CC(C(=O)OC(CCCC[N+](CCCC)(CCCC)CCCCCC[N+](CCCC)(CCCC)CCCC)C(CC)CCCC)S(=O)(=O)O. The number of carbonyl (C=O) groups excluding carboxylic acids is 2. The molecule has 0 radical (unpaired) electrons. The fourth-order valence-corrected chi connectivity index (χ4v) is 9.86. The largest absolute Gasteiger partial charge is 0.465 e. The van der Waals surface area contributed by atoms with Crippen LogP contribution in [-0.4, -0.2) is 104 Å². The van der Waals surface area contributed by atoms with Crippen molar-refractivity contribution >= 4 is 22.1 Å². The molecule has 0 aromatic rings. The molecule has 0 aliphatic heterocycles. The van der Waals surface area contributed by atoms with Crippen LogP contribution in [0.3, 0.4) is 0 Å². The van der Waals surface area contributed by atoms with Gasteiger partial charge in [-0.3, -0.25) is 14.1 Å². The van der Waals surface area contributed by atoms with Gasteiger partial charge in [0.25, 0.3) is 10.1 Å². The molecule has 4 unspecified atom stereocenters. The number of carbonyl (C=O) groups is 2. The number of ether oxygens (including phenoxy) is 2. The first-order valence-electron chi connectivity index (χ1n) is 25.8. The minimum atomic E-state index is -4.89. The maximum atomic E-state index is 13.6. The van der Waals surface area contributed by atoms with Gasteiger partial charge >= 0.3 is 11.9 Å². The Balaban J connectivity index is 5.83. The number of quaternary nitrogens is 2. The molecule has 0 aromatic carbocycles. The van der Waals surface area contributed by atoms with Crippen LogP contribution < -0.4 is 0 Å². The highest BCUT2D eigenvalue weighted by Crippen LogP contribution is 2.27. The lowest BCUT2D eigenvalue weighted by atomic mass is 9.90. The summed E-state index contributed by atoms with van der Waals surface area (Å²) in [5.41, 5.74) is 0. The maximum Gasteiger partial charge on any atom is 0.327 e. The summed E-state index contributed by atoms with van der Waals surface area (Å²) < 4.78 is 49.2. The van der Waals surface area contributed by atoms with E-state index in [0.29, 0.717) is 6.42 Å². The van der Waals surface area contributed by atoms with E-state index in [9.17, 15) is 22.6 Å². The Labute approximate surface area is 373 Å². The Morgan fingerprint density at radius 3 is 1.28 bits per heavy atom. The first kappa shape index (κ1) is 58.8. The Morgan fingerprint density at radius 2 is 0.900 bits per heavy atom. The van der Waals surface area contributed by atoms with Gasteiger partial charge in [-0.15, -0.1) is 0 Å². The molecule has 60 heavy (non-hydrogen) atoms. The molecule has 0 rings (SSSR count). The van der Waals surface area contributed by atoms with Crippen molar-refractivity contribution < 1.29 is 41.0 Å². The standard InChI is InChI=1S/C50H101N2O7S/c1-10-19-32-45(17-8)44-58-49(53)43-48(60(55,56)57)50(54)59-47(46(18-9)33-20-11-2)34-28-31-42-52(38-24-15-6,39-25-16-7)41-30-27-26-29-40-51(35-21-12-3,36-22-13-4)37-23-14-5/h45-48H,10-44H2,1-9H3/q+1/p+1. The van der Waals surface area contributed by atoms with Gasteiger partial charge in [-0.05, 0) is 108 Å². The zero-order chi connectivity index (χ0) is 45.1. The van der Waals surface area contributed by atoms with Crippen molar-refractivity contribution in [3.05, 3.63) is 0 Å². The van der Waals surface area contributed by atoms with Crippen LogP contribution in [-0.2, 0) is 29.2 Å². The van der Waals surface area contributed by atoms with Crippen molar-refractivity contribution in [2.45, 2.75) is 241 Å².